The Bertz CT molecular complexity index is 409. The Kier molecular flexibility index (Phi) is 7.36. The molecule has 0 radical (unpaired) electrons. The molecule has 1 fully saturated rings. The molecule has 5 nitrogen and oxygen atoms in total. The Morgan fingerprint density at radius 2 is 1.83 bits per heavy atom. The molecule has 23 heavy (non-hydrogen) atoms. The van der Waals surface area contributed by atoms with E-state index in [4.69, 9.17) is 0 Å². The van der Waals surface area contributed by atoms with E-state index in [2.05, 4.69) is 34.8 Å². The average molecular weight is 325 g/mol. The second kappa shape index (κ2) is 8.55. The first kappa shape index (κ1) is 19.8. The van der Waals surface area contributed by atoms with E-state index < -0.39 is 5.41 Å². The quantitative estimate of drug-likeness (QED) is 0.498. The molecule has 134 valence electrons. The van der Waals surface area contributed by atoms with Crippen LogP contribution in [-0.2, 0) is 4.79 Å². The maximum atomic E-state index is 11.9. The number of carbonyl (C=O) groups excluding carboxylic acids is 1. The third kappa shape index (κ3) is 6.04. The van der Waals surface area contributed by atoms with Crippen molar-refractivity contribution in [2.45, 2.75) is 59.8 Å². The molecule has 0 aliphatic heterocycles. The number of carbonyl (C=O) groups is 1. The summed E-state index contributed by atoms with van der Waals surface area (Å²) in [5.41, 5.74) is -0.0581. The van der Waals surface area contributed by atoms with Crippen LogP contribution in [0.3, 0.4) is 0 Å². The van der Waals surface area contributed by atoms with Crippen molar-refractivity contribution in [3.05, 3.63) is 0 Å². The minimum atomic E-state index is -0.463. The molecule has 0 saturated heterocycles. The highest BCUT2D eigenvalue weighted by Crippen LogP contribution is 2.42. The lowest BCUT2D eigenvalue weighted by molar-refractivity contribution is -0.128. The van der Waals surface area contributed by atoms with Crippen LogP contribution in [0.25, 0.3) is 0 Å². The molecule has 1 saturated carbocycles. The number of rotatable bonds is 7. The normalized spacial score (nSPS) is 18.1. The number of hydrogen-bond acceptors (Lipinski definition) is 2. The largest absolute Gasteiger partial charge is 0.359 e. The van der Waals surface area contributed by atoms with Gasteiger partial charge in [0.25, 0.3) is 0 Å². The number of aliphatic imine (C=N–C) groups is 1. The summed E-state index contributed by atoms with van der Waals surface area (Å²) in [5, 5.41) is 9.50. The number of amides is 1. The molecule has 0 spiro atoms. The summed E-state index contributed by atoms with van der Waals surface area (Å²) < 4.78 is 0. The Morgan fingerprint density at radius 1 is 1.22 bits per heavy atom. The van der Waals surface area contributed by atoms with E-state index in [-0.39, 0.29) is 5.91 Å². The van der Waals surface area contributed by atoms with Gasteiger partial charge in [0.05, 0.1) is 5.41 Å². The Morgan fingerprint density at radius 3 is 2.30 bits per heavy atom. The first-order valence-corrected chi connectivity index (χ1v) is 8.91. The van der Waals surface area contributed by atoms with Gasteiger partial charge in [0, 0.05) is 27.2 Å². The van der Waals surface area contributed by atoms with E-state index in [1.165, 1.54) is 32.1 Å². The van der Waals surface area contributed by atoms with Crippen LogP contribution in [0.5, 0.6) is 0 Å². The van der Waals surface area contributed by atoms with E-state index in [0.717, 1.165) is 18.4 Å². The fourth-order valence-corrected chi connectivity index (χ4v) is 3.66. The van der Waals surface area contributed by atoms with Crippen molar-refractivity contribution in [3.8, 4) is 0 Å². The molecule has 5 heteroatoms. The van der Waals surface area contributed by atoms with Gasteiger partial charge >= 0.3 is 0 Å². The molecule has 0 heterocycles. The highest BCUT2D eigenvalue weighted by molar-refractivity contribution is 5.84. The van der Waals surface area contributed by atoms with Crippen LogP contribution in [0.4, 0.5) is 0 Å². The number of nitrogens with zero attached hydrogens (tertiary/aromatic N) is 1. The predicted octanol–water partition coefficient (Wildman–Crippen LogP) is 2.53. The van der Waals surface area contributed by atoms with Gasteiger partial charge in [-0.15, -0.1) is 0 Å². The van der Waals surface area contributed by atoms with Crippen molar-refractivity contribution in [2.75, 3.05) is 27.2 Å². The number of hydrogen-bond donors (Lipinski definition) is 3. The number of guanidine groups is 1. The van der Waals surface area contributed by atoms with Gasteiger partial charge in [-0.05, 0) is 44.4 Å². The fraction of sp³-hybridized carbons (Fsp3) is 0.889. The molecule has 0 bridgehead atoms. The second-order valence-electron chi connectivity index (χ2n) is 8.05. The summed E-state index contributed by atoms with van der Waals surface area (Å²) >= 11 is 0. The summed E-state index contributed by atoms with van der Waals surface area (Å²) in [6, 6.07) is 0. The van der Waals surface area contributed by atoms with Crippen LogP contribution in [-0.4, -0.2) is 39.1 Å². The molecule has 0 aromatic rings. The molecular formula is C18H36N4O. The topological polar surface area (TPSA) is 65.5 Å². The Labute approximate surface area is 142 Å². The summed E-state index contributed by atoms with van der Waals surface area (Å²) in [6.07, 6.45) is 6.55. The SMILES string of the molecule is CN=C(NCC1(CC(C)C)CCCC1)NCC(C)(C)C(=O)NC. The molecule has 1 aliphatic carbocycles. The molecule has 0 aromatic heterocycles. The zero-order valence-electron chi connectivity index (χ0n) is 15.9. The van der Waals surface area contributed by atoms with Crippen LogP contribution < -0.4 is 16.0 Å². The fourth-order valence-electron chi connectivity index (χ4n) is 3.66. The highest BCUT2D eigenvalue weighted by atomic mass is 16.2. The molecule has 3 N–H and O–H groups in total. The van der Waals surface area contributed by atoms with Gasteiger partial charge in [-0.3, -0.25) is 9.79 Å². The monoisotopic (exact) mass is 324 g/mol. The van der Waals surface area contributed by atoms with Gasteiger partial charge in [-0.25, -0.2) is 0 Å². The van der Waals surface area contributed by atoms with Gasteiger partial charge in [0.2, 0.25) is 5.91 Å². The minimum absolute atomic E-state index is 0.0347. The van der Waals surface area contributed by atoms with Crippen molar-refractivity contribution in [1.29, 1.82) is 0 Å². The molecule has 0 atom stereocenters. The second-order valence-corrected chi connectivity index (χ2v) is 8.05. The standard InChI is InChI=1S/C18H36N4O/c1-14(2)11-18(9-7-8-10-18)13-22-16(20-6)21-12-17(3,4)15(23)19-5/h14H,7-13H2,1-6H3,(H,19,23)(H2,20,21,22). The Balaban J connectivity index is 2.55. The third-order valence-corrected chi connectivity index (χ3v) is 4.90. The van der Waals surface area contributed by atoms with Crippen molar-refractivity contribution >= 4 is 11.9 Å². The summed E-state index contributed by atoms with van der Waals surface area (Å²) in [7, 11) is 3.46. The minimum Gasteiger partial charge on any atom is -0.359 e. The lowest BCUT2D eigenvalue weighted by Crippen LogP contribution is -2.49. The molecule has 0 aromatic carbocycles. The van der Waals surface area contributed by atoms with E-state index >= 15 is 0 Å². The van der Waals surface area contributed by atoms with E-state index in [1.54, 1.807) is 14.1 Å². The van der Waals surface area contributed by atoms with Gasteiger partial charge < -0.3 is 16.0 Å². The summed E-state index contributed by atoms with van der Waals surface area (Å²) in [6.45, 7) is 10.00. The molecule has 0 unspecified atom stereocenters. The summed E-state index contributed by atoms with van der Waals surface area (Å²) in [4.78, 5) is 16.2. The molecule has 1 aliphatic rings. The van der Waals surface area contributed by atoms with Crippen LogP contribution >= 0.6 is 0 Å². The van der Waals surface area contributed by atoms with Crippen molar-refractivity contribution in [3.63, 3.8) is 0 Å². The van der Waals surface area contributed by atoms with Crippen molar-refractivity contribution in [1.82, 2.24) is 16.0 Å². The third-order valence-electron chi connectivity index (χ3n) is 4.90. The zero-order valence-corrected chi connectivity index (χ0v) is 15.9. The maximum Gasteiger partial charge on any atom is 0.227 e. The van der Waals surface area contributed by atoms with Crippen molar-refractivity contribution < 1.29 is 4.79 Å². The molecular weight excluding hydrogens is 288 g/mol. The lowest BCUT2D eigenvalue weighted by atomic mass is 9.78. The van der Waals surface area contributed by atoms with Crippen LogP contribution in [0, 0.1) is 16.7 Å². The van der Waals surface area contributed by atoms with Gasteiger partial charge in [0.1, 0.15) is 0 Å². The smallest absolute Gasteiger partial charge is 0.227 e. The zero-order chi connectivity index (χ0) is 17.5. The summed E-state index contributed by atoms with van der Waals surface area (Å²) in [5.74, 6) is 1.54. The Hall–Kier alpha value is -1.26. The van der Waals surface area contributed by atoms with E-state index in [0.29, 0.717) is 12.0 Å². The van der Waals surface area contributed by atoms with Crippen LogP contribution in [0.15, 0.2) is 4.99 Å². The average Bonchev–Trinajstić information content (AvgIpc) is 2.94. The van der Waals surface area contributed by atoms with Gasteiger partial charge in [-0.2, -0.15) is 0 Å². The van der Waals surface area contributed by atoms with Crippen LogP contribution in [0.1, 0.15) is 59.8 Å². The van der Waals surface area contributed by atoms with Crippen molar-refractivity contribution in [2.24, 2.45) is 21.7 Å². The predicted molar refractivity (Wildman–Crippen MR) is 97.6 cm³/mol. The van der Waals surface area contributed by atoms with E-state index in [1.807, 2.05) is 13.8 Å². The first-order chi connectivity index (χ1) is 10.7. The lowest BCUT2D eigenvalue weighted by Gasteiger charge is -2.32. The van der Waals surface area contributed by atoms with E-state index in [9.17, 15) is 4.79 Å². The molecule has 1 amide bonds. The maximum absolute atomic E-state index is 11.9. The van der Waals surface area contributed by atoms with Gasteiger partial charge in [0.15, 0.2) is 5.96 Å². The first-order valence-electron chi connectivity index (χ1n) is 8.91. The van der Waals surface area contributed by atoms with Crippen LogP contribution in [0.2, 0.25) is 0 Å². The highest BCUT2D eigenvalue weighted by Gasteiger charge is 2.34. The van der Waals surface area contributed by atoms with Gasteiger partial charge in [-0.1, -0.05) is 26.7 Å². The molecule has 1 rings (SSSR count). The number of nitrogens with one attached hydrogen (secondary N) is 3.